The van der Waals surface area contributed by atoms with Gasteiger partial charge in [0.05, 0.1) is 0 Å². The SMILES string of the molecule is [Ir+3].[Pt+2].[c-]1cc(-c2ccccc2-c2nc(-c3ccccc3-c3c[c-]c(-c4ccccn4)cc3)nc(-c3ccccc3-c3c[c-]c(-c4ccccn4)cc3)n2)c(Oc2[c-]c(-c3cc(-c4ccccc4)ccn3)cc(-c3ccccc3)c2)[c-]c1-c1ncccn1. The third-order valence-corrected chi connectivity index (χ3v) is 14.5. The molecule has 87 heavy (non-hydrogen) atoms. The van der Waals surface area contributed by atoms with Gasteiger partial charge in [0.15, 0.2) is 17.5 Å². The Hall–Kier alpha value is -10.3. The molecule has 0 aliphatic rings. The summed E-state index contributed by atoms with van der Waals surface area (Å²) in [4.78, 5) is 39.5. The van der Waals surface area contributed by atoms with Crippen LogP contribution in [0.25, 0.3) is 135 Å². The number of pyridine rings is 3. The maximum absolute atomic E-state index is 7.16. The van der Waals surface area contributed by atoms with E-state index in [1.54, 1.807) is 30.9 Å². The van der Waals surface area contributed by atoms with Gasteiger partial charge < -0.3 is 29.7 Å². The van der Waals surface area contributed by atoms with Crippen LogP contribution in [0.3, 0.4) is 0 Å². The van der Waals surface area contributed by atoms with Crippen LogP contribution in [-0.2, 0) is 41.2 Å². The van der Waals surface area contributed by atoms with Crippen molar-refractivity contribution in [1.29, 1.82) is 0 Å². The number of hydrogen-bond acceptors (Lipinski definition) is 9. The molecular weight excluding hydrogens is 1430 g/mol. The van der Waals surface area contributed by atoms with E-state index in [0.29, 0.717) is 51.5 Å². The van der Waals surface area contributed by atoms with E-state index in [2.05, 4.69) is 123 Å². The first-order valence-electron chi connectivity index (χ1n) is 27.6. The minimum Gasteiger partial charge on any atom is -0.515 e. The molecule has 5 aromatic heterocycles. The molecule has 414 valence electrons. The largest absolute Gasteiger partial charge is 3.00 e. The average molecular weight is 1470 g/mol. The van der Waals surface area contributed by atoms with Gasteiger partial charge in [-0.3, -0.25) is 6.07 Å². The Morgan fingerprint density at radius 2 is 0.770 bits per heavy atom. The number of ether oxygens (including phenoxy) is 1. The van der Waals surface area contributed by atoms with Gasteiger partial charge in [-0.15, -0.1) is 76.9 Å². The zero-order valence-corrected chi connectivity index (χ0v) is 50.8. The predicted molar refractivity (Wildman–Crippen MR) is 335 cm³/mol. The van der Waals surface area contributed by atoms with E-state index < -0.39 is 0 Å². The summed E-state index contributed by atoms with van der Waals surface area (Å²) in [5.41, 5.74) is 17.0. The predicted octanol–water partition coefficient (Wildman–Crippen LogP) is 17.6. The maximum atomic E-state index is 7.16. The van der Waals surface area contributed by atoms with Crippen molar-refractivity contribution in [2.24, 2.45) is 0 Å². The molecule has 14 aromatic rings. The molecule has 14 rings (SSSR count). The molecule has 9 aromatic carbocycles. The monoisotopic (exact) mass is 1470 g/mol. The van der Waals surface area contributed by atoms with Crippen LogP contribution in [0.4, 0.5) is 0 Å². The minimum absolute atomic E-state index is 0. The first-order valence-corrected chi connectivity index (χ1v) is 27.6. The van der Waals surface area contributed by atoms with Crippen LogP contribution in [0.5, 0.6) is 11.5 Å². The molecule has 0 aliphatic carbocycles. The molecule has 0 saturated carbocycles. The van der Waals surface area contributed by atoms with Gasteiger partial charge in [-0.1, -0.05) is 198 Å². The number of nitrogens with zero attached hydrogens (tertiary/aromatic N) is 8. The van der Waals surface area contributed by atoms with E-state index in [9.17, 15) is 0 Å². The molecule has 0 saturated heterocycles. The zero-order chi connectivity index (χ0) is 56.7. The van der Waals surface area contributed by atoms with E-state index >= 15 is 0 Å². The van der Waals surface area contributed by atoms with E-state index in [0.717, 1.165) is 95.0 Å². The summed E-state index contributed by atoms with van der Waals surface area (Å²) < 4.78 is 7.16. The van der Waals surface area contributed by atoms with Crippen molar-refractivity contribution >= 4 is 0 Å². The van der Waals surface area contributed by atoms with E-state index in [1.165, 1.54) is 0 Å². The van der Waals surface area contributed by atoms with Crippen molar-refractivity contribution in [2.75, 3.05) is 0 Å². The Balaban J connectivity index is 0.00000369. The second-order valence-electron chi connectivity index (χ2n) is 19.9. The van der Waals surface area contributed by atoms with E-state index in [4.69, 9.17) is 24.7 Å². The van der Waals surface area contributed by atoms with E-state index in [1.807, 2.05) is 170 Å². The molecule has 0 N–H and O–H groups in total. The van der Waals surface area contributed by atoms with Gasteiger partial charge in [0, 0.05) is 53.4 Å². The summed E-state index contributed by atoms with van der Waals surface area (Å²) in [7, 11) is 0. The van der Waals surface area contributed by atoms with Crippen LogP contribution >= 0.6 is 0 Å². The molecule has 0 atom stereocenters. The molecule has 0 aliphatic heterocycles. The summed E-state index contributed by atoms with van der Waals surface area (Å²) >= 11 is 0. The Bertz CT molecular complexity index is 4520. The molecule has 0 radical (unpaired) electrons. The first-order chi connectivity index (χ1) is 42.1. The zero-order valence-electron chi connectivity index (χ0n) is 46.1. The molecule has 0 unspecified atom stereocenters. The van der Waals surface area contributed by atoms with Crippen molar-refractivity contribution in [3.05, 3.63) is 304 Å². The first kappa shape index (κ1) is 57.1. The van der Waals surface area contributed by atoms with Crippen LogP contribution in [0.2, 0.25) is 0 Å². The van der Waals surface area contributed by atoms with Crippen LogP contribution in [0, 0.1) is 30.3 Å². The molecule has 5 heterocycles. The maximum Gasteiger partial charge on any atom is 3.00 e. The quantitative estimate of drug-likeness (QED) is 0.0982. The fourth-order valence-corrected chi connectivity index (χ4v) is 10.3. The molecule has 0 bridgehead atoms. The summed E-state index contributed by atoms with van der Waals surface area (Å²) in [6.07, 6.45) is 8.81. The molecule has 0 fully saturated rings. The molecule has 0 amide bonds. The Labute approximate surface area is 532 Å². The third kappa shape index (κ3) is 12.4. The summed E-state index contributed by atoms with van der Waals surface area (Å²) in [5.74, 6) is 2.64. The summed E-state index contributed by atoms with van der Waals surface area (Å²) in [6.45, 7) is 0. The second-order valence-corrected chi connectivity index (χ2v) is 19.9. The van der Waals surface area contributed by atoms with Crippen molar-refractivity contribution in [3.63, 3.8) is 0 Å². The van der Waals surface area contributed by atoms with Gasteiger partial charge in [0.2, 0.25) is 0 Å². The van der Waals surface area contributed by atoms with Gasteiger partial charge in [-0.2, -0.15) is 0 Å². The molecule has 0 spiro atoms. The summed E-state index contributed by atoms with van der Waals surface area (Å²) in [5, 5.41) is 0. The van der Waals surface area contributed by atoms with Gasteiger partial charge in [0.1, 0.15) is 0 Å². The van der Waals surface area contributed by atoms with Crippen molar-refractivity contribution in [3.8, 4) is 146 Å². The number of benzene rings is 9. The Morgan fingerprint density at radius 1 is 0.287 bits per heavy atom. The second kappa shape index (κ2) is 26.3. The van der Waals surface area contributed by atoms with Gasteiger partial charge in [0.25, 0.3) is 0 Å². The standard InChI is InChI=1S/C76H45N8O.Ir.Pt/c1-3-18-51(19-4-1)57-40-45-79-71(49-57)60-46-59(52-20-5-2-6-21-52)47-61(48-60)85-72-50-58(73-80-43-17-44-81-73)38-39-65(72)64-24-9-12-27-68(64)76-83-74(66-25-10-7-22-62(66)53-30-34-55(35-31-53)69-28-13-15-41-77-69)82-75(84-76)67-26-11-8-23-63(67)54-32-36-56(37-33-54)70-29-14-16-42-78-70;;/h1-34,36,39-47,49H;;/q-5;+3;+2. The topological polar surface area (TPSA) is 112 Å². The molecular formula is C76H45IrN8OPt. The molecule has 9 nitrogen and oxygen atoms in total. The van der Waals surface area contributed by atoms with Crippen LogP contribution in [-0.4, -0.2) is 39.9 Å². The smallest absolute Gasteiger partial charge is 0.515 e. The summed E-state index contributed by atoms with van der Waals surface area (Å²) in [6, 6.07) is 98.3. The fraction of sp³-hybridized carbons (Fsp3) is 0. The van der Waals surface area contributed by atoms with Gasteiger partial charge in [-0.05, 0) is 80.7 Å². The van der Waals surface area contributed by atoms with E-state index in [-0.39, 0.29) is 41.2 Å². The minimum atomic E-state index is 0. The molecule has 11 heteroatoms. The van der Waals surface area contributed by atoms with Crippen molar-refractivity contribution in [1.82, 2.24) is 39.9 Å². The van der Waals surface area contributed by atoms with Crippen LogP contribution in [0.1, 0.15) is 0 Å². The fourth-order valence-electron chi connectivity index (χ4n) is 10.3. The van der Waals surface area contributed by atoms with Gasteiger partial charge >= 0.3 is 41.2 Å². The van der Waals surface area contributed by atoms with Crippen LogP contribution < -0.4 is 4.74 Å². The van der Waals surface area contributed by atoms with Gasteiger partial charge in [-0.25, -0.2) is 32.6 Å². The average Bonchev–Trinajstić information content (AvgIpc) is 3.12. The van der Waals surface area contributed by atoms with Crippen molar-refractivity contribution < 1.29 is 45.9 Å². The third-order valence-electron chi connectivity index (χ3n) is 14.5. The number of rotatable bonds is 14. The number of hydrogen-bond donors (Lipinski definition) is 0. The van der Waals surface area contributed by atoms with Crippen LogP contribution in [0.15, 0.2) is 274 Å². The Kier molecular flexibility index (Phi) is 17.3. The normalized spacial score (nSPS) is 10.8. The Morgan fingerprint density at radius 3 is 1.30 bits per heavy atom. The number of aromatic nitrogens is 8. The van der Waals surface area contributed by atoms with Crippen molar-refractivity contribution in [2.45, 2.75) is 0 Å².